The van der Waals surface area contributed by atoms with Crippen molar-refractivity contribution in [3.8, 4) is 0 Å². The first-order chi connectivity index (χ1) is 6.24. The summed E-state index contributed by atoms with van der Waals surface area (Å²) in [7, 11) is 0. The molecule has 1 amide bonds. The Bertz CT molecular complexity index is 261. The first-order valence-electron chi connectivity index (χ1n) is 3.90. The maximum Gasteiger partial charge on any atom is 0.236 e. The third-order valence-corrected chi connectivity index (χ3v) is 2.51. The van der Waals surface area contributed by atoms with E-state index in [9.17, 15) is 4.79 Å². The quantitative estimate of drug-likeness (QED) is 0.610. The Balaban J connectivity index is 2.36. The fourth-order valence-electron chi connectivity index (χ4n) is 0.892. The molecular weight excluding hydrogens is 188 g/mol. The summed E-state index contributed by atoms with van der Waals surface area (Å²) >= 11 is 1.59. The molecule has 0 saturated heterocycles. The molecule has 13 heavy (non-hydrogen) atoms. The van der Waals surface area contributed by atoms with Crippen molar-refractivity contribution in [2.24, 2.45) is 5.73 Å². The molecule has 4 nitrogen and oxygen atoms in total. The van der Waals surface area contributed by atoms with Crippen LogP contribution >= 0.6 is 11.3 Å². The van der Waals surface area contributed by atoms with Crippen molar-refractivity contribution in [2.45, 2.75) is 12.6 Å². The Hall–Kier alpha value is -0.910. The number of carbonyl (C=O) groups excluding carboxylic acids is 1. The third-order valence-electron chi connectivity index (χ3n) is 1.63. The maximum atomic E-state index is 10.7. The van der Waals surface area contributed by atoms with E-state index in [4.69, 9.17) is 10.8 Å². The van der Waals surface area contributed by atoms with E-state index < -0.39 is 11.9 Å². The van der Waals surface area contributed by atoms with Gasteiger partial charge in [0.15, 0.2) is 0 Å². The van der Waals surface area contributed by atoms with E-state index >= 15 is 0 Å². The molecule has 0 saturated carbocycles. The lowest BCUT2D eigenvalue weighted by Crippen LogP contribution is -2.43. The van der Waals surface area contributed by atoms with Crippen LogP contribution in [0.2, 0.25) is 0 Å². The summed E-state index contributed by atoms with van der Waals surface area (Å²) < 4.78 is 0. The van der Waals surface area contributed by atoms with Crippen LogP contribution in [-0.4, -0.2) is 23.7 Å². The van der Waals surface area contributed by atoms with Crippen LogP contribution in [-0.2, 0) is 11.3 Å². The molecule has 0 aliphatic carbocycles. The van der Waals surface area contributed by atoms with E-state index in [1.165, 1.54) is 0 Å². The molecule has 0 radical (unpaired) electrons. The Kier molecular flexibility index (Phi) is 3.88. The van der Waals surface area contributed by atoms with Gasteiger partial charge in [-0.15, -0.1) is 11.3 Å². The molecule has 0 aliphatic rings. The highest BCUT2D eigenvalue weighted by Gasteiger charge is 2.12. The zero-order valence-corrected chi connectivity index (χ0v) is 7.88. The van der Waals surface area contributed by atoms with Gasteiger partial charge in [-0.1, -0.05) is 6.07 Å². The number of nitrogens with one attached hydrogen (secondary N) is 1. The highest BCUT2D eigenvalue weighted by atomic mass is 32.1. The van der Waals surface area contributed by atoms with Crippen LogP contribution in [0, 0.1) is 0 Å². The van der Waals surface area contributed by atoms with Gasteiger partial charge in [0, 0.05) is 11.4 Å². The molecule has 0 bridgehead atoms. The molecule has 1 aromatic heterocycles. The fraction of sp³-hybridized carbons (Fsp3) is 0.375. The van der Waals surface area contributed by atoms with Crippen LogP contribution in [0.25, 0.3) is 0 Å². The normalized spacial score (nSPS) is 12.7. The standard InChI is InChI=1S/C8H12N2O2S/c9-8(12)7(5-11)10-4-6-2-1-3-13-6/h1-3,7,10-11H,4-5H2,(H2,9,12). The van der Waals surface area contributed by atoms with Crippen LogP contribution in [0.5, 0.6) is 0 Å². The minimum absolute atomic E-state index is 0.263. The van der Waals surface area contributed by atoms with E-state index in [1.54, 1.807) is 11.3 Å². The number of aliphatic hydroxyl groups is 1. The first-order valence-corrected chi connectivity index (χ1v) is 4.78. The Morgan fingerprint density at radius 1 is 1.77 bits per heavy atom. The van der Waals surface area contributed by atoms with Gasteiger partial charge in [0.1, 0.15) is 6.04 Å². The van der Waals surface area contributed by atoms with Crippen molar-refractivity contribution in [3.63, 3.8) is 0 Å². The average Bonchev–Trinajstić information content (AvgIpc) is 2.57. The first kappa shape index (κ1) is 10.2. The SMILES string of the molecule is NC(=O)C(CO)NCc1cccs1. The second kappa shape index (κ2) is 4.96. The van der Waals surface area contributed by atoms with E-state index in [0.717, 1.165) is 4.88 Å². The lowest BCUT2D eigenvalue weighted by molar-refractivity contribution is -0.120. The molecule has 0 aromatic carbocycles. The van der Waals surface area contributed by atoms with Crippen molar-refractivity contribution in [1.29, 1.82) is 0 Å². The number of aliphatic hydroxyl groups excluding tert-OH is 1. The number of carbonyl (C=O) groups is 1. The maximum absolute atomic E-state index is 10.7. The molecular formula is C8H12N2O2S. The molecule has 1 aromatic rings. The van der Waals surface area contributed by atoms with Crippen molar-refractivity contribution in [2.75, 3.05) is 6.61 Å². The second-order valence-corrected chi connectivity index (χ2v) is 3.63. The average molecular weight is 200 g/mol. The molecule has 0 aliphatic heterocycles. The molecule has 0 spiro atoms. The fourth-order valence-corrected chi connectivity index (χ4v) is 1.55. The predicted octanol–water partition coefficient (Wildman–Crippen LogP) is -0.316. The molecule has 4 N–H and O–H groups in total. The summed E-state index contributed by atoms with van der Waals surface area (Å²) in [6.07, 6.45) is 0. The van der Waals surface area contributed by atoms with E-state index in [2.05, 4.69) is 5.32 Å². The largest absolute Gasteiger partial charge is 0.394 e. The van der Waals surface area contributed by atoms with Gasteiger partial charge in [-0.05, 0) is 11.4 Å². The van der Waals surface area contributed by atoms with Crippen molar-refractivity contribution in [1.82, 2.24) is 5.32 Å². The Morgan fingerprint density at radius 3 is 3.00 bits per heavy atom. The summed E-state index contributed by atoms with van der Waals surface area (Å²) in [5, 5.41) is 13.6. The van der Waals surface area contributed by atoms with Crippen LogP contribution < -0.4 is 11.1 Å². The van der Waals surface area contributed by atoms with Gasteiger partial charge in [0.05, 0.1) is 6.61 Å². The van der Waals surface area contributed by atoms with Crippen LogP contribution in [0.4, 0.5) is 0 Å². The van der Waals surface area contributed by atoms with Crippen LogP contribution in [0.1, 0.15) is 4.88 Å². The summed E-state index contributed by atoms with van der Waals surface area (Å²) in [6, 6.07) is 3.23. The van der Waals surface area contributed by atoms with E-state index in [-0.39, 0.29) is 6.61 Å². The molecule has 1 heterocycles. The number of rotatable bonds is 5. The van der Waals surface area contributed by atoms with Gasteiger partial charge in [-0.3, -0.25) is 10.1 Å². The summed E-state index contributed by atoms with van der Waals surface area (Å²) in [5.74, 6) is -0.529. The highest BCUT2D eigenvalue weighted by molar-refractivity contribution is 7.09. The summed E-state index contributed by atoms with van der Waals surface area (Å²) in [5.41, 5.74) is 5.03. The number of hydrogen-bond acceptors (Lipinski definition) is 4. The molecule has 1 rings (SSSR count). The highest BCUT2D eigenvalue weighted by Crippen LogP contribution is 2.07. The zero-order chi connectivity index (χ0) is 9.68. The number of primary amides is 1. The summed E-state index contributed by atoms with van der Waals surface area (Å²) in [4.78, 5) is 11.8. The number of nitrogens with two attached hydrogens (primary N) is 1. The van der Waals surface area contributed by atoms with E-state index in [0.29, 0.717) is 6.54 Å². The lowest BCUT2D eigenvalue weighted by atomic mass is 10.3. The van der Waals surface area contributed by atoms with Gasteiger partial charge in [0.2, 0.25) is 5.91 Å². The number of hydrogen-bond donors (Lipinski definition) is 3. The topological polar surface area (TPSA) is 75.4 Å². The molecule has 1 unspecified atom stereocenters. The van der Waals surface area contributed by atoms with Crippen molar-refractivity contribution in [3.05, 3.63) is 22.4 Å². The Morgan fingerprint density at radius 2 is 2.54 bits per heavy atom. The van der Waals surface area contributed by atoms with Crippen LogP contribution in [0.3, 0.4) is 0 Å². The summed E-state index contributed by atoms with van der Waals surface area (Å²) in [6.45, 7) is 0.298. The predicted molar refractivity (Wildman–Crippen MR) is 51.2 cm³/mol. The number of amides is 1. The third kappa shape index (κ3) is 3.14. The minimum atomic E-state index is -0.651. The van der Waals surface area contributed by atoms with Gasteiger partial charge < -0.3 is 10.8 Å². The van der Waals surface area contributed by atoms with Crippen molar-refractivity contribution >= 4 is 17.2 Å². The Labute approximate surface area is 80.4 Å². The molecule has 0 fully saturated rings. The molecule has 72 valence electrons. The lowest BCUT2D eigenvalue weighted by Gasteiger charge is -2.10. The van der Waals surface area contributed by atoms with Crippen molar-refractivity contribution < 1.29 is 9.90 Å². The molecule has 5 heteroatoms. The smallest absolute Gasteiger partial charge is 0.236 e. The molecule has 1 atom stereocenters. The monoisotopic (exact) mass is 200 g/mol. The van der Waals surface area contributed by atoms with E-state index in [1.807, 2.05) is 17.5 Å². The minimum Gasteiger partial charge on any atom is -0.394 e. The second-order valence-electron chi connectivity index (χ2n) is 2.60. The van der Waals surface area contributed by atoms with Crippen LogP contribution in [0.15, 0.2) is 17.5 Å². The zero-order valence-electron chi connectivity index (χ0n) is 7.06. The van der Waals surface area contributed by atoms with Gasteiger partial charge in [-0.25, -0.2) is 0 Å². The van der Waals surface area contributed by atoms with Gasteiger partial charge >= 0.3 is 0 Å². The van der Waals surface area contributed by atoms with Gasteiger partial charge in [0.25, 0.3) is 0 Å². The number of thiophene rings is 1. The van der Waals surface area contributed by atoms with Gasteiger partial charge in [-0.2, -0.15) is 0 Å².